The molecule has 0 saturated carbocycles. The summed E-state index contributed by atoms with van der Waals surface area (Å²) in [6.45, 7) is 8.09. The number of hydrogen-bond donors (Lipinski definition) is 1. The number of carboxylic acids is 1. The van der Waals surface area contributed by atoms with E-state index < -0.39 is 22.1 Å². The predicted molar refractivity (Wildman–Crippen MR) is 82.7 cm³/mol. The molecule has 0 spiro atoms. The fraction of sp³-hybridized carbons (Fsp3) is 0.714. The Morgan fingerprint density at radius 2 is 2.09 bits per heavy atom. The fourth-order valence-electron chi connectivity index (χ4n) is 2.70. The first-order valence-electron chi connectivity index (χ1n) is 7.53. The number of rotatable bonds is 5. The summed E-state index contributed by atoms with van der Waals surface area (Å²) in [6, 6.07) is 0. The lowest BCUT2D eigenvalue weighted by Crippen LogP contribution is -2.48. The molecule has 1 aromatic heterocycles. The highest BCUT2D eigenvalue weighted by molar-refractivity contribution is 7.89. The maximum absolute atomic E-state index is 12.9. The molecule has 0 amide bonds. The Hall–Kier alpha value is -1.45. The molecule has 1 aromatic rings. The van der Waals surface area contributed by atoms with Gasteiger partial charge in [-0.3, -0.25) is 4.68 Å². The molecule has 1 saturated heterocycles. The third-order valence-electron chi connectivity index (χ3n) is 3.76. The van der Waals surface area contributed by atoms with Crippen molar-refractivity contribution >= 4 is 16.0 Å². The summed E-state index contributed by atoms with van der Waals surface area (Å²) in [6.07, 6.45) is -1.13. The number of aromatic nitrogens is 2. The van der Waals surface area contributed by atoms with Crippen molar-refractivity contribution in [1.29, 1.82) is 0 Å². The second-order valence-electron chi connectivity index (χ2n) is 6.14. The number of carbonyl (C=O) groups is 1. The van der Waals surface area contributed by atoms with Crippen LogP contribution in [-0.4, -0.2) is 59.4 Å². The van der Waals surface area contributed by atoms with Gasteiger partial charge in [0.15, 0.2) is 6.10 Å². The van der Waals surface area contributed by atoms with Crippen LogP contribution in [0.5, 0.6) is 0 Å². The van der Waals surface area contributed by atoms with E-state index in [2.05, 4.69) is 5.10 Å². The highest BCUT2D eigenvalue weighted by Gasteiger charge is 2.37. The van der Waals surface area contributed by atoms with Crippen LogP contribution in [0.1, 0.15) is 25.2 Å². The first-order chi connectivity index (χ1) is 10.6. The van der Waals surface area contributed by atoms with Gasteiger partial charge in [0.2, 0.25) is 10.0 Å². The molecule has 2 heterocycles. The van der Waals surface area contributed by atoms with Crippen molar-refractivity contribution in [2.45, 2.75) is 45.2 Å². The highest BCUT2D eigenvalue weighted by Crippen LogP contribution is 2.25. The molecule has 1 fully saturated rings. The molecule has 1 unspecified atom stereocenters. The minimum atomic E-state index is -3.80. The van der Waals surface area contributed by atoms with Crippen molar-refractivity contribution in [3.05, 3.63) is 11.4 Å². The first kappa shape index (κ1) is 17.9. The van der Waals surface area contributed by atoms with E-state index in [0.29, 0.717) is 23.9 Å². The lowest BCUT2D eigenvalue weighted by molar-refractivity contribution is -0.153. The molecule has 8 nitrogen and oxygen atoms in total. The molecule has 130 valence electrons. The Kier molecular flexibility index (Phi) is 5.12. The number of carboxylic acid groups (broad SMARTS) is 1. The number of ether oxygens (including phenoxy) is 1. The maximum atomic E-state index is 12.9. The SMILES string of the molecule is Cc1nn(CC(C)C)c(C)c1S(=O)(=O)N1CCOC(C(=O)O)C1. The summed E-state index contributed by atoms with van der Waals surface area (Å²) in [7, 11) is -3.80. The van der Waals surface area contributed by atoms with E-state index in [9.17, 15) is 13.2 Å². The van der Waals surface area contributed by atoms with E-state index in [1.165, 1.54) is 4.31 Å². The molecule has 1 N–H and O–H groups in total. The molecule has 1 atom stereocenters. The zero-order chi connectivity index (χ0) is 17.4. The molecule has 9 heteroatoms. The minimum Gasteiger partial charge on any atom is -0.479 e. The van der Waals surface area contributed by atoms with E-state index in [0.717, 1.165) is 0 Å². The van der Waals surface area contributed by atoms with Crippen molar-refractivity contribution in [2.24, 2.45) is 5.92 Å². The molecular formula is C14H23N3O5S. The van der Waals surface area contributed by atoms with Crippen LogP contribution in [0.2, 0.25) is 0 Å². The van der Waals surface area contributed by atoms with Crippen molar-refractivity contribution in [3.63, 3.8) is 0 Å². The molecule has 0 radical (unpaired) electrons. The second-order valence-corrected chi connectivity index (χ2v) is 8.01. The fourth-order valence-corrected chi connectivity index (χ4v) is 4.50. The lowest BCUT2D eigenvalue weighted by atomic mass is 10.2. The summed E-state index contributed by atoms with van der Waals surface area (Å²) >= 11 is 0. The van der Waals surface area contributed by atoms with Gasteiger partial charge in [0.25, 0.3) is 0 Å². The number of aryl methyl sites for hydroxylation is 1. The Morgan fingerprint density at radius 3 is 2.65 bits per heavy atom. The quantitative estimate of drug-likeness (QED) is 0.840. The van der Waals surface area contributed by atoms with Crippen LogP contribution in [0.4, 0.5) is 0 Å². The van der Waals surface area contributed by atoms with Crippen LogP contribution < -0.4 is 0 Å². The molecule has 23 heavy (non-hydrogen) atoms. The summed E-state index contributed by atoms with van der Waals surface area (Å²) in [5.41, 5.74) is 1.01. The van der Waals surface area contributed by atoms with Gasteiger partial charge in [0, 0.05) is 13.1 Å². The summed E-state index contributed by atoms with van der Waals surface area (Å²) in [4.78, 5) is 11.2. The van der Waals surface area contributed by atoms with Crippen LogP contribution in [0.15, 0.2) is 4.90 Å². The van der Waals surface area contributed by atoms with Crippen molar-refractivity contribution < 1.29 is 23.1 Å². The van der Waals surface area contributed by atoms with Crippen LogP contribution in [-0.2, 0) is 26.1 Å². The smallest absolute Gasteiger partial charge is 0.334 e. The summed E-state index contributed by atoms with van der Waals surface area (Å²) in [5.74, 6) is -0.822. The lowest BCUT2D eigenvalue weighted by Gasteiger charge is -2.30. The van der Waals surface area contributed by atoms with Gasteiger partial charge in [-0.15, -0.1) is 0 Å². The second kappa shape index (κ2) is 6.58. The Morgan fingerprint density at radius 1 is 1.43 bits per heavy atom. The molecular weight excluding hydrogens is 322 g/mol. The van der Waals surface area contributed by atoms with E-state index in [-0.39, 0.29) is 24.6 Å². The molecule has 0 aliphatic carbocycles. The third-order valence-corrected chi connectivity index (χ3v) is 5.87. The van der Waals surface area contributed by atoms with Crippen molar-refractivity contribution in [1.82, 2.24) is 14.1 Å². The van der Waals surface area contributed by atoms with Crippen molar-refractivity contribution in [2.75, 3.05) is 19.7 Å². The number of hydrogen-bond acceptors (Lipinski definition) is 5. The van der Waals surface area contributed by atoms with Crippen LogP contribution >= 0.6 is 0 Å². The van der Waals surface area contributed by atoms with E-state index in [4.69, 9.17) is 9.84 Å². The van der Waals surface area contributed by atoms with Gasteiger partial charge in [-0.05, 0) is 19.8 Å². The molecule has 0 aromatic carbocycles. The van der Waals surface area contributed by atoms with Gasteiger partial charge in [-0.1, -0.05) is 13.8 Å². The molecule has 2 rings (SSSR count). The Bertz CT molecular complexity index is 696. The van der Waals surface area contributed by atoms with Crippen LogP contribution in [0, 0.1) is 19.8 Å². The largest absolute Gasteiger partial charge is 0.479 e. The number of sulfonamides is 1. The zero-order valence-electron chi connectivity index (χ0n) is 13.8. The van der Waals surface area contributed by atoms with E-state index >= 15 is 0 Å². The first-order valence-corrected chi connectivity index (χ1v) is 8.97. The monoisotopic (exact) mass is 345 g/mol. The summed E-state index contributed by atoms with van der Waals surface area (Å²) in [5, 5.41) is 13.4. The normalized spacial score (nSPS) is 20.1. The van der Waals surface area contributed by atoms with E-state index in [1.54, 1.807) is 18.5 Å². The minimum absolute atomic E-state index is 0.0639. The average Bonchev–Trinajstić information content (AvgIpc) is 2.73. The van der Waals surface area contributed by atoms with Crippen molar-refractivity contribution in [3.8, 4) is 0 Å². The molecule has 1 aliphatic rings. The standard InChI is InChI=1S/C14H23N3O5S/c1-9(2)7-17-11(4)13(10(3)15-17)23(20,21)16-5-6-22-12(8-16)14(18)19/h9,12H,5-8H2,1-4H3,(H,18,19). The van der Waals surface area contributed by atoms with Gasteiger partial charge in [0.05, 0.1) is 24.5 Å². The van der Waals surface area contributed by atoms with E-state index in [1.807, 2.05) is 13.8 Å². The Balaban J connectivity index is 2.36. The highest BCUT2D eigenvalue weighted by atomic mass is 32.2. The van der Waals surface area contributed by atoms with Gasteiger partial charge in [-0.25, -0.2) is 13.2 Å². The molecule has 1 aliphatic heterocycles. The van der Waals surface area contributed by atoms with Gasteiger partial charge >= 0.3 is 5.97 Å². The number of aliphatic carboxylic acids is 1. The average molecular weight is 345 g/mol. The third kappa shape index (κ3) is 3.56. The Labute approximate surface area is 136 Å². The predicted octanol–water partition coefficient (Wildman–Crippen LogP) is 0.630. The zero-order valence-corrected chi connectivity index (χ0v) is 14.6. The van der Waals surface area contributed by atoms with Gasteiger partial charge < -0.3 is 9.84 Å². The number of morpholine rings is 1. The van der Waals surface area contributed by atoms with Gasteiger partial charge in [-0.2, -0.15) is 9.40 Å². The summed E-state index contributed by atoms with van der Waals surface area (Å²) < 4.78 is 33.8. The number of nitrogens with zero attached hydrogens (tertiary/aromatic N) is 3. The molecule has 0 bridgehead atoms. The topological polar surface area (TPSA) is 102 Å². The maximum Gasteiger partial charge on any atom is 0.334 e. The van der Waals surface area contributed by atoms with Gasteiger partial charge in [0.1, 0.15) is 4.90 Å². The van der Waals surface area contributed by atoms with Crippen LogP contribution in [0.25, 0.3) is 0 Å². The van der Waals surface area contributed by atoms with Crippen LogP contribution in [0.3, 0.4) is 0 Å².